The lowest BCUT2D eigenvalue weighted by atomic mass is 10.4. The number of anilines is 1. The number of nitrogens with zero attached hydrogens (tertiary/aromatic N) is 2. The molecule has 2 N–H and O–H groups in total. The van der Waals surface area contributed by atoms with E-state index in [9.17, 15) is 13.2 Å². The molecule has 0 aromatic carbocycles. The Morgan fingerprint density at radius 2 is 2.26 bits per heavy atom. The van der Waals surface area contributed by atoms with Crippen molar-refractivity contribution in [2.45, 2.75) is 24.8 Å². The lowest BCUT2D eigenvalue weighted by molar-refractivity contribution is 0.0702. The number of nitrogens with one attached hydrogen (secondary N) is 1. The average Bonchev–Trinajstić information content (AvgIpc) is 3.05. The molecule has 0 saturated heterocycles. The van der Waals surface area contributed by atoms with Crippen molar-refractivity contribution < 1.29 is 23.1 Å². The van der Waals surface area contributed by atoms with Gasteiger partial charge in [0.25, 0.3) is 10.0 Å². The summed E-state index contributed by atoms with van der Waals surface area (Å²) in [5.41, 5.74) is 0. The smallest absolute Gasteiger partial charge is 0.345 e. The van der Waals surface area contributed by atoms with Crippen molar-refractivity contribution in [3.8, 4) is 0 Å². The molecule has 1 atom stereocenters. The highest BCUT2D eigenvalue weighted by Crippen LogP contribution is 2.27. The van der Waals surface area contributed by atoms with Crippen LogP contribution in [0.3, 0.4) is 0 Å². The molecule has 2 rings (SSSR count). The van der Waals surface area contributed by atoms with Crippen molar-refractivity contribution in [2.75, 3.05) is 18.4 Å². The molecule has 1 unspecified atom stereocenters. The van der Waals surface area contributed by atoms with Crippen LogP contribution < -0.4 is 4.72 Å². The number of aryl methyl sites for hydroxylation is 1. The molecule has 2 aromatic rings. The molecular formula is C13H17N3O5S2. The molecule has 2 heterocycles. The third-order valence-electron chi connectivity index (χ3n) is 3.08. The first-order valence-electron chi connectivity index (χ1n) is 6.65. The second kappa shape index (κ2) is 6.69. The number of ether oxygens (including phenoxy) is 1. The van der Waals surface area contributed by atoms with E-state index in [4.69, 9.17) is 9.84 Å². The van der Waals surface area contributed by atoms with E-state index in [-0.39, 0.29) is 21.6 Å². The van der Waals surface area contributed by atoms with Gasteiger partial charge < -0.3 is 9.84 Å². The van der Waals surface area contributed by atoms with Gasteiger partial charge >= 0.3 is 5.97 Å². The summed E-state index contributed by atoms with van der Waals surface area (Å²) in [6, 6.07) is 2.64. The van der Waals surface area contributed by atoms with Gasteiger partial charge in [0.2, 0.25) is 0 Å². The van der Waals surface area contributed by atoms with Gasteiger partial charge in [-0.15, -0.1) is 11.3 Å². The number of carboxylic acid groups (broad SMARTS) is 1. The van der Waals surface area contributed by atoms with Gasteiger partial charge in [-0.05, 0) is 19.9 Å². The monoisotopic (exact) mass is 359 g/mol. The van der Waals surface area contributed by atoms with E-state index >= 15 is 0 Å². The van der Waals surface area contributed by atoms with Gasteiger partial charge in [-0.25, -0.2) is 13.2 Å². The second-order valence-electron chi connectivity index (χ2n) is 4.93. The predicted molar refractivity (Wildman–Crippen MR) is 85.6 cm³/mol. The summed E-state index contributed by atoms with van der Waals surface area (Å²) in [5, 5.41) is 13.1. The Bertz CT molecular complexity index is 809. The number of sulfonamides is 1. The lowest BCUT2D eigenvalue weighted by Crippen LogP contribution is -2.15. The SMILES string of the molecule is COCC(C)n1ccc(NS(=O)(=O)c2cc(C(=O)O)sc2C)n1. The van der Waals surface area contributed by atoms with Gasteiger partial charge in [0.05, 0.1) is 12.6 Å². The van der Waals surface area contributed by atoms with Crippen molar-refractivity contribution in [3.05, 3.63) is 28.1 Å². The highest BCUT2D eigenvalue weighted by atomic mass is 32.2. The zero-order chi connectivity index (χ0) is 17.2. The summed E-state index contributed by atoms with van der Waals surface area (Å²) in [5.74, 6) is -0.993. The Balaban J connectivity index is 2.23. The summed E-state index contributed by atoms with van der Waals surface area (Å²) >= 11 is 0.916. The number of carbonyl (C=O) groups is 1. The molecule has 23 heavy (non-hydrogen) atoms. The molecule has 8 nitrogen and oxygen atoms in total. The first-order valence-corrected chi connectivity index (χ1v) is 8.95. The second-order valence-corrected chi connectivity index (χ2v) is 7.83. The average molecular weight is 359 g/mol. The van der Waals surface area contributed by atoms with Crippen LogP contribution in [0, 0.1) is 6.92 Å². The fourth-order valence-electron chi connectivity index (χ4n) is 1.99. The maximum absolute atomic E-state index is 12.4. The Hall–Kier alpha value is -1.91. The molecule has 0 bridgehead atoms. The minimum absolute atomic E-state index is 0.0258. The molecule has 0 aliphatic rings. The number of aromatic nitrogens is 2. The largest absolute Gasteiger partial charge is 0.477 e. The summed E-state index contributed by atoms with van der Waals surface area (Å²) in [6.45, 7) is 3.89. The number of hydrogen-bond acceptors (Lipinski definition) is 6. The molecule has 126 valence electrons. The number of carboxylic acids is 1. The van der Waals surface area contributed by atoms with Crippen molar-refractivity contribution in [1.82, 2.24) is 9.78 Å². The molecular weight excluding hydrogens is 342 g/mol. The van der Waals surface area contributed by atoms with E-state index in [0.29, 0.717) is 11.5 Å². The topological polar surface area (TPSA) is 111 Å². The van der Waals surface area contributed by atoms with Gasteiger partial charge in [-0.2, -0.15) is 5.10 Å². The lowest BCUT2D eigenvalue weighted by Gasteiger charge is -2.10. The normalized spacial score (nSPS) is 13.0. The number of thiophene rings is 1. The number of methoxy groups -OCH3 is 1. The maximum atomic E-state index is 12.4. The third-order valence-corrected chi connectivity index (χ3v) is 5.73. The molecule has 0 radical (unpaired) electrons. The van der Waals surface area contributed by atoms with Crippen molar-refractivity contribution >= 4 is 33.1 Å². The van der Waals surface area contributed by atoms with Crippen LogP contribution in [0.4, 0.5) is 5.82 Å². The Labute approximate surface area is 137 Å². The van der Waals surface area contributed by atoms with Gasteiger partial charge in [0.15, 0.2) is 5.82 Å². The maximum Gasteiger partial charge on any atom is 0.345 e. The molecule has 0 fully saturated rings. The fourth-order valence-corrected chi connectivity index (χ4v) is 4.41. The van der Waals surface area contributed by atoms with Gasteiger partial charge in [0.1, 0.15) is 9.77 Å². The molecule has 10 heteroatoms. The van der Waals surface area contributed by atoms with Gasteiger partial charge in [0, 0.05) is 24.3 Å². The van der Waals surface area contributed by atoms with Crippen LogP contribution in [0.5, 0.6) is 0 Å². The quantitative estimate of drug-likeness (QED) is 0.782. The van der Waals surface area contributed by atoms with Crippen LogP contribution in [-0.2, 0) is 14.8 Å². The highest BCUT2D eigenvalue weighted by Gasteiger charge is 2.23. The standard InChI is InChI=1S/C13H17N3O5S2/c1-8(7-21-3)16-5-4-12(14-16)15-23(19,20)11-6-10(13(17)18)22-9(11)2/h4-6,8H,7H2,1-3H3,(H,14,15)(H,17,18). The Morgan fingerprint density at radius 3 is 2.83 bits per heavy atom. The molecule has 2 aromatic heterocycles. The Morgan fingerprint density at radius 1 is 1.57 bits per heavy atom. The number of aromatic carboxylic acids is 1. The van der Waals surface area contributed by atoms with E-state index in [2.05, 4.69) is 9.82 Å². The Kier molecular flexibility index (Phi) is 5.07. The fraction of sp³-hybridized carbons (Fsp3) is 0.385. The summed E-state index contributed by atoms with van der Waals surface area (Å²) in [6.07, 6.45) is 1.64. The van der Waals surface area contributed by atoms with Crippen LogP contribution in [-0.4, -0.2) is 43.0 Å². The van der Waals surface area contributed by atoms with E-state index in [0.717, 1.165) is 17.4 Å². The van der Waals surface area contributed by atoms with E-state index in [1.807, 2.05) is 6.92 Å². The molecule has 0 aliphatic carbocycles. The third kappa shape index (κ3) is 3.89. The molecule has 0 aliphatic heterocycles. The van der Waals surface area contributed by atoms with Crippen molar-refractivity contribution in [3.63, 3.8) is 0 Å². The van der Waals surface area contributed by atoms with Crippen LogP contribution in [0.2, 0.25) is 0 Å². The van der Waals surface area contributed by atoms with Crippen molar-refractivity contribution in [2.24, 2.45) is 0 Å². The molecule has 0 amide bonds. The minimum atomic E-state index is -3.89. The first kappa shape index (κ1) is 17.4. The van der Waals surface area contributed by atoms with Crippen LogP contribution in [0.15, 0.2) is 23.2 Å². The van der Waals surface area contributed by atoms with Crippen LogP contribution in [0.25, 0.3) is 0 Å². The van der Waals surface area contributed by atoms with E-state index < -0.39 is 16.0 Å². The predicted octanol–water partition coefficient (Wildman–Crippen LogP) is 1.96. The molecule has 0 spiro atoms. The minimum Gasteiger partial charge on any atom is -0.477 e. The van der Waals surface area contributed by atoms with E-state index in [1.54, 1.807) is 24.9 Å². The van der Waals surface area contributed by atoms with Gasteiger partial charge in [-0.3, -0.25) is 9.40 Å². The highest BCUT2D eigenvalue weighted by molar-refractivity contribution is 7.93. The van der Waals surface area contributed by atoms with Crippen molar-refractivity contribution in [1.29, 1.82) is 0 Å². The summed E-state index contributed by atoms with van der Waals surface area (Å²) in [4.78, 5) is 11.3. The summed E-state index contributed by atoms with van der Waals surface area (Å²) in [7, 11) is -2.32. The molecule has 0 saturated carbocycles. The number of rotatable bonds is 7. The number of hydrogen-bond donors (Lipinski definition) is 2. The van der Waals surface area contributed by atoms with Crippen LogP contribution >= 0.6 is 11.3 Å². The van der Waals surface area contributed by atoms with E-state index in [1.165, 1.54) is 6.07 Å². The zero-order valence-corrected chi connectivity index (χ0v) is 14.4. The summed E-state index contributed by atoms with van der Waals surface area (Å²) < 4.78 is 33.8. The first-order chi connectivity index (χ1) is 10.7. The van der Waals surface area contributed by atoms with Crippen LogP contribution in [0.1, 0.15) is 27.5 Å². The van der Waals surface area contributed by atoms with Gasteiger partial charge in [-0.1, -0.05) is 0 Å². The zero-order valence-electron chi connectivity index (χ0n) is 12.8.